The van der Waals surface area contributed by atoms with Crippen LogP contribution in [-0.4, -0.2) is 30.0 Å². The lowest BCUT2D eigenvalue weighted by Crippen LogP contribution is -2.48. The summed E-state index contributed by atoms with van der Waals surface area (Å²) in [7, 11) is 0. The summed E-state index contributed by atoms with van der Waals surface area (Å²) in [5.74, 6) is -0.921. The first-order valence-electron chi connectivity index (χ1n) is 7.44. The van der Waals surface area contributed by atoms with E-state index in [1.54, 1.807) is 0 Å². The maximum absolute atomic E-state index is 12.8. The van der Waals surface area contributed by atoms with E-state index in [1.165, 1.54) is 0 Å². The molecule has 2 aliphatic carbocycles. The fraction of sp³-hybridized carbons (Fsp3) is 1.00. The van der Waals surface area contributed by atoms with E-state index in [0.717, 1.165) is 32.1 Å². The van der Waals surface area contributed by atoms with Gasteiger partial charge in [-0.15, -0.1) is 0 Å². The van der Waals surface area contributed by atoms with E-state index >= 15 is 0 Å². The monoisotopic (exact) mass is 279 g/mol. The summed E-state index contributed by atoms with van der Waals surface area (Å²) < 4.78 is 38.3. The van der Waals surface area contributed by atoms with E-state index < -0.39 is 12.1 Å². The van der Waals surface area contributed by atoms with Gasteiger partial charge in [0.2, 0.25) is 0 Å². The van der Waals surface area contributed by atoms with Crippen LogP contribution in [0.15, 0.2) is 0 Å². The van der Waals surface area contributed by atoms with Crippen molar-refractivity contribution < 1.29 is 18.3 Å². The second-order valence-electron chi connectivity index (χ2n) is 6.10. The van der Waals surface area contributed by atoms with Crippen LogP contribution >= 0.6 is 0 Å². The Labute approximate surface area is 112 Å². The van der Waals surface area contributed by atoms with Gasteiger partial charge in [-0.2, -0.15) is 13.2 Å². The molecule has 0 heterocycles. The predicted octanol–water partition coefficient (Wildman–Crippen LogP) is 3.25. The van der Waals surface area contributed by atoms with Crippen LogP contribution in [0.4, 0.5) is 13.2 Å². The van der Waals surface area contributed by atoms with Gasteiger partial charge >= 0.3 is 6.18 Å². The van der Waals surface area contributed by atoms with Crippen LogP contribution in [0.3, 0.4) is 0 Å². The maximum Gasteiger partial charge on any atom is 0.391 e. The van der Waals surface area contributed by atoms with E-state index in [-0.39, 0.29) is 37.5 Å². The van der Waals surface area contributed by atoms with Crippen molar-refractivity contribution in [3.8, 4) is 0 Å². The number of aliphatic hydroxyl groups is 1. The highest BCUT2D eigenvalue weighted by molar-refractivity contribution is 4.87. The minimum Gasteiger partial charge on any atom is -0.396 e. The largest absolute Gasteiger partial charge is 0.396 e. The van der Waals surface area contributed by atoms with Crippen LogP contribution in [0.5, 0.6) is 0 Å². The number of hydrogen-bond acceptors (Lipinski definition) is 2. The minimum atomic E-state index is -4.05. The predicted molar refractivity (Wildman–Crippen MR) is 67.8 cm³/mol. The van der Waals surface area contributed by atoms with Gasteiger partial charge in [0.25, 0.3) is 0 Å². The first kappa shape index (κ1) is 15.1. The summed E-state index contributed by atoms with van der Waals surface area (Å²) in [5.41, 5.74) is 0. The number of rotatable bonds is 3. The number of hydrogen-bond donors (Lipinski definition) is 2. The van der Waals surface area contributed by atoms with Crippen molar-refractivity contribution >= 4 is 0 Å². The lowest BCUT2D eigenvalue weighted by molar-refractivity contribution is -0.184. The van der Waals surface area contributed by atoms with Crippen LogP contribution < -0.4 is 5.32 Å². The molecule has 0 spiro atoms. The number of halogens is 3. The van der Waals surface area contributed by atoms with Crippen LogP contribution in [0, 0.1) is 11.8 Å². The number of aliphatic hydroxyl groups excluding tert-OH is 1. The first-order valence-corrected chi connectivity index (χ1v) is 7.44. The van der Waals surface area contributed by atoms with E-state index in [1.807, 2.05) is 0 Å². The van der Waals surface area contributed by atoms with Gasteiger partial charge in [-0.25, -0.2) is 0 Å². The normalized spacial score (nSPS) is 37.3. The summed E-state index contributed by atoms with van der Waals surface area (Å²) in [6.45, 7) is 0.146. The van der Waals surface area contributed by atoms with Crippen molar-refractivity contribution in [3.63, 3.8) is 0 Å². The molecule has 5 heteroatoms. The van der Waals surface area contributed by atoms with Gasteiger partial charge in [0.15, 0.2) is 0 Å². The highest BCUT2D eigenvalue weighted by Gasteiger charge is 2.42. The zero-order chi connectivity index (χ0) is 13.9. The Hall–Kier alpha value is -0.290. The average Bonchev–Trinajstić information content (AvgIpc) is 2.39. The molecule has 0 bridgehead atoms. The van der Waals surface area contributed by atoms with Gasteiger partial charge in [0.1, 0.15) is 0 Å². The highest BCUT2D eigenvalue weighted by atomic mass is 19.4. The van der Waals surface area contributed by atoms with E-state index in [9.17, 15) is 18.3 Å². The van der Waals surface area contributed by atoms with Crippen LogP contribution in [0.1, 0.15) is 51.4 Å². The molecule has 112 valence electrons. The summed E-state index contributed by atoms with van der Waals surface area (Å²) in [4.78, 5) is 0. The van der Waals surface area contributed by atoms with Crippen molar-refractivity contribution in [2.24, 2.45) is 11.8 Å². The molecule has 0 unspecified atom stereocenters. The first-order chi connectivity index (χ1) is 9.00. The van der Waals surface area contributed by atoms with Crippen LogP contribution in [0.25, 0.3) is 0 Å². The average molecular weight is 279 g/mol. The fourth-order valence-corrected chi connectivity index (χ4v) is 3.59. The Bertz CT molecular complexity index is 282. The van der Waals surface area contributed by atoms with E-state index in [4.69, 9.17) is 0 Å². The number of alkyl halides is 3. The van der Waals surface area contributed by atoms with Crippen LogP contribution in [0.2, 0.25) is 0 Å². The molecule has 2 saturated carbocycles. The third-order valence-electron chi connectivity index (χ3n) is 4.73. The Morgan fingerprint density at radius 3 is 2.42 bits per heavy atom. The molecule has 0 aromatic carbocycles. The Kier molecular flexibility index (Phi) is 5.12. The Balaban J connectivity index is 1.87. The molecule has 0 radical (unpaired) electrons. The van der Waals surface area contributed by atoms with Crippen molar-refractivity contribution in [2.45, 2.75) is 69.6 Å². The molecular weight excluding hydrogens is 255 g/mol. The highest BCUT2D eigenvalue weighted by Crippen LogP contribution is 2.38. The molecule has 2 fully saturated rings. The third-order valence-corrected chi connectivity index (χ3v) is 4.73. The lowest BCUT2D eigenvalue weighted by Gasteiger charge is -2.38. The smallest absolute Gasteiger partial charge is 0.391 e. The quantitative estimate of drug-likeness (QED) is 0.831. The van der Waals surface area contributed by atoms with Crippen molar-refractivity contribution in [1.82, 2.24) is 5.32 Å². The van der Waals surface area contributed by atoms with Gasteiger partial charge in [-0.1, -0.05) is 19.3 Å². The molecule has 0 amide bonds. The molecule has 0 saturated heterocycles. The SMILES string of the molecule is OC[C@@H]1CCCC[C@@H]1N[C@H]1CCC[C@H](C(F)(F)F)C1. The molecule has 2 aliphatic rings. The van der Waals surface area contributed by atoms with Gasteiger partial charge in [-0.3, -0.25) is 0 Å². The molecule has 19 heavy (non-hydrogen) atoms. The third kappa shape index (κ3) is 4.09. The summed E-state index contributed by atoms with van der Waals surface area (Å²) >= 11 is 0. The van der Waals surface area contributed by atoms with Crippen LogP contribution in [-0.2, 0) is 0 Å². The zero-order valence-corrected chi connectivity index (χ0v) is 11.3. The Morgan fingerprint density at radius 1 is 1.00 bits per heavy atom. The summed E-state index contributed by atoms with van der Waals surface area (Å²) in [5, 5.41) is 12.8. The number of nitrogens with one attached hydrogen (secondary N) is 1. The maximum atomic E-state index is 12.8. The van der Waals surface area contributed by atoms with E-state index in [0.29, 0.717) is 6.42 Å². The van der Waals surface area contributed by atoms with Gasteiger partial charge in [-0.05, 0) is 38.0 Å². The molecular formula is C14H24F3NO. The summed E-state index contributed by atoms with van der Waals surface area (Å²) in [6, 6.07) is 0.174. The standard InChI is InChI=1S/C14H24F3NO/c15-14(16,17)11-5-3-6-12(8-11)18-13-7-2-1-4-10(13)9-19/h10-13,18-19H,1-9H2/t10-,11-,12-,13-/m0/s1. The molecule has 0 aromatic rings. The van der Waals surface area contributed by atoms with E-state index in [2.05, 4.69) is 5.32 Å². The van der Waals surface area contributed by atoms with Gasteiger partial charge in [0, 0.05) is 18.7 Å². The fourth-order valence-electron chi connectivity index (χ4n) is 3.59. The van der Waals surface area contributed by atoms with Gasteiger partial charge < -0.3 is 10.4 Å². The molecule has 2 rings (SSSR count). The Morgan fingerprint density at radius 2 is 1.74 bits per heavy atom. The second kappa shape index (κ2) is 6.44. The zero-order valence-electron chi connectivity index (χ0n) is 11.3. The minimum absolute atomic E-state index is 0.0301. The molecule has 0 aliphatic heterocycles. The van der Waals surface area contributed by atoms with Gasteiger partial charge in [0.05, 0.1) is 5.92 Å². The van der Waals surface area contributed by atoms with Crippen molar-refractivity contribution in [1.29, 1.82) is 0 Å². The second-order valence-corrected chi connectivity index (χ2v) is 6.10. The molecule has 2 N–H and O–H groups in total. The molecule has 2 nitrogen and oxygen atoms in total. The molecule has 0 aromatic heterocycles. The van der Waals surface area contributed by atoms with Crippen molar-refractivity contribution in [3.05, 3.63) is 0 Å². The lowest BCUT2D eigenvalue weighted by atomic mass is 9.81. The van der Waals surface area contributed by atoms with Crippen molar-refractivity contribution in [2.75, 3.05) is 6.61 Å². The topological polar surface area (TPSA) is 32.3 Å². The molecule has 4 atom stereocenters. The summed E-state index contributed by atoms with van der Waals surface area (Å²) in [6.07, 6.45) is 2.13.